The van der Waals surface area contributed by atoms with E-state index in [4.69, 9.17) is 4.98 Å². The normalized spacial score (nSPS) is 14.6. The van der Waals surface area contributed by atoms with Crippen molar-refractivity contribution in [3.05, 3.63) is 77.9 Å². The van der Waals surface area contributed by atoms with E-state index in [0.717, 1.165) is 58.1 Å². The number of nitrogens with one attached hydrogen (secondary N) is 2. The van der Waals surface area contributed by atoms with Gasteiger partial charge in [-0.15, -0.1) is 0 Å². The number of hydrogen-bond acceptors (Lipinski definition) is 4. The Morgan fingerprint density at radius 2 is 2.00 bits per heavy atom. The Kier molecular flexibility index (Phi) is 5.13. The molecule has 0 spiro atoms. The van der Waals surface area contributed by atoms with Crippen molar-refractivity contribution in [1.82, 2.24) is 24.8 Å². The zero-order chi connectivity index (χ0) is 23.2. The molecule has 1 unspecified atom stereocenters. The van der Waals surface area contributed by atoms with Crippen molar-refractivity contribution in [2.45, 2.75) is 31.2 Å². The standard InChI is InChI=1S/C26H27N5O2/c1-4-27-25(33)26(30(2)3)13-18-11-21-22(12-19(18)14-26)29-24(28-21)10-9-17-15-31(16-32)23-8-6-5-7-20(17)23/h4-8,11-12,15-16H,1,9-10,13-14H2,2-3H3,(H,27,33)(H,28,29). The minimum atomic E-state index is -0.620. The van der Waals surface area contributed by atoms with Crippen molar-refractivity contribution in [2.75, 3.05) is 14.1 Å². The van der Waals surface area contributed by atoms with Crippen LogP contribution in [0.15, 0.2) is 55.4 Å². The minimum Gasteiger partial charge on any atom is -0.342 e. The van der Waals surface area contributed by atoms with Crippen LogP contribution in [0.5, 0.6) is 0 Å². The number of carbonyl (C=O) groups is 2. The van der Waals surface area contributed by atoms with Crippen LogP contribution in [-0.2, 0) is 35.3 Å². The van der Waals surface area contributed by atoms with Crippen LogP contribution in [0.3, 0.4) is 0 Å². The molecule has 0 bridgehead atoms. The van der Waals surface area contributed by atoms with Gasteiger partial charge in [0.25, 0.3) is 0 Å². The summed E-state index contributed by atoms with van der Waals surface area (Å²) in [5.41, 5.74) is 5.65. The van der Waals surface area contributed by atoms with E-state index >= 15 is 0 Å². The predicted molar refractivity (Wildman–Crippen MR) is 130 cm³/mol. The number of carbonyl (C=O) groups excluding carboxylic acids is 2. The van der Waals surface area contributed by atoms with Crippen LogP contribution in [0, 0.1) is 0 Å². The van der Waals surface area contributed by atoms with E-state index in [-0.39, 0.29) is 5.91 Å². The molecular formula is C26H27N5O2. The fourth-order valence-electron chi connectivity index (χ4n) is 5.06. The number of likely N-dealkylation sites (N-methyl/N-ethyl adjacent to an activating group) is 1. The number of nitrogens with zero attached hydrogens (tertiary/aromatic N) is 3. The summed E-state index contributed by atoms with van der Waals surface area (Å²) in [6, 6.07) is 12.2. The van der Waals surface area contributed by atoms with Crippen molar-refractivity contribution in [3.63, 3.8) is 0 Å². The summed E-state index contributed by atoms with van der Waals surface area (Å²) in [5.74, 6) is 0.880. The second-order valence-electron chi connectivity index (χ2n) is 8.96. The summed E-state index contributed by atoms with van der Waals surface area (Å²) in [4.78, 5) is 34.5. The lowest BCUT2D eigenvalue weighted by Crippen LogP contribution is -2.56. The van der Waals surface area contributed by atoms with Gasteiger partial charge >= 0.3 is 0 Å². The Hall–Kier alpha value is -3.71. The number of hydrogen-bond donors (Lipinski definition) is 2. The van der Waals surface area contributed by atoms with Gasteiger partial charge in [-0.1, -0.05) is 24.8 Å². The van der Waals surface area contributed by atoms with Gasteiger partial charge in [0.15, 0.2) is 0 Å². The molecule has 1 aliphatic rings. The maximum atomic E-state index is 12.8. The summed E-state index contributed by atoms with van der Waals surface area (Å²) in [6.07, 6.45) is 7.01. The van der Waals surface area contributed by atoms with Crippen molar-refractivity contribution in [1.29, 1.82) is 0 Å². The third-order valence-electron chi connectivity index (χ3n) is 6.90. The number of fused-ring (bicyclic) bond motifs is 3. The molecule has 4 aromatic rings. The molecule has 1 amide bonds. The third kappa shape index (κ3) is 3.45. The highest BCUT2D eigenvalue weighted by atomic mass is 16.2. The molecule has 5 rings (SSSR count). The van der Waals surface area contributed by atoms with Crippen LogP contribution in [0.4, 0.5) is 0 Å². The second kappa shape index (κ2) is 8.01. The van der Waals surface area contributed by atoms with E-state index in [1.807, 2.05) is 49.5 Å². The molecule has 7 heteroatoms. The fourth-order valence-corrected chi connectivity index (χ4v) is 5.06. The van der Waals surface area contributed by atoms with Crippen LogP contribution in [0.2, 0.25) is 0 Å². The van der Waals surface area contributed by atoms with Crippen LogP contribution in [0.25, 0.3) is 21.9 Å². The Bertz CT molecular complexity index is 1350. The van der Waals surface area contributed by atoms with E-state index in [2.05, 4.69) is 29.0 Å². The molecule has 0 radical (unpaired) electrons. The summed E-state index contributed by atoms with van der Waals surface area (Å²) < 4.78 is 1.63. The maximum Gasteiger partial charge on any atom is 0.245 e. The van der Waals surface area contributed by atoms with Gasteiger partial charge in [-0.3, -0.25) is 19.1 Å². The van der Waals surface area contributed by atoms with Crippen molar-refractivity contribution in [3.8, 4) is 0 Å². The number of benzene rings is 2. The summed E-state index contributed by atoms with van der Waals surface area (Å²) >= 11 is 0. The first-order valence-electron chi connectivity index (χ1n) is 11.1. The Labute approximate surface area is 192 Å². The first-order valence-corrected chi connectivity index (χ1v) is 11.1. The molecule has 168 valence electrons. The predicted octanol–water partition coefficient (Wildman–Crippen LogP) is 3.00. The van der Waals surface area contributed by atoms with Gasteiger partial charge in [0, 0.05) is 30.8 Å². The van der Waals surface area contributed by atoms with Crippen LogP contribution in [0.1, 0.15) is 22.5 Å². The van der Waals surface area contributed by atoms with E-state index < -0.39 is 5.54 Å². The molecule has 2 aromatic heterocycles. The van der Waals surface area contributed by atoms with Gasteiger partial charge in [0.2, 0.25) is 12.3 Å². The molecule has 0 saturated carbocycles. The quantitative estimate of drug-likeness (QED) is 0.432. The van der Waals surface area contributed by atoms with E-state index in [0.29, 0.717) is 12.8 Å². The van der Waals surface area contributed by atoms with Crippen molar-refractivity contribution in [2.24, 2.45) is 0 Å². The number of amides is 1. The Morgan fingerprint density at radius 3 is 2.73 bits per heavy atom. The lowest BCUT2D eigenvalue weighted by Gasteiger charge is -2.34. The molecule has 2 N–H and O–H groups in total. The highest BCUT2D eigenvalue weighted by molar-refractivity contribution is 5.90. The van der Waals surface area contributed by atoms with Gasteiger partial charge < -0.3 is 10.3 Å². The third-order valence-corrected chi connectivity index (χ3v) is 6.90. The largest absolute Gasteiger partial charge is 0.342 e. The number of aromatic nitrogens is 3. The molecule has 2 heterocycles. The molecule has 7 nitrogen and oxygen atoms in total. The lowest BCUT2D eigenvalue weighted by atomic mass is 9.93. The summed E-state index contributed by atoms with van der Waals surface area (Å²) in [7, 11) is 3.89. The molecule has 0 saturated heterocycles. The highest BCUT2D eigenvalue weighted by Crippen LogP contribution is 2.36. The number of para-hydroxylation sites is 1. The van der Waals surface area contributed by atoms with E-state index in [1.165, 1.54) is 11.8 Å². The molecule has 33 heavy (non-hydrogen) atoms. The maximum absolute atomic E-state index is 12.8. The molecule has 2 aromatic carbocycles. The summed E-state index contributed by atoms with van der Waals surface area (Å²) in [5, 5.41) is 3.87. The van der Waals surface area contributed by atoms with E-state index in [1.54, 1.807) is 4.57 Å². The number of aryl methyl sites for hydroxylation is 2. The van der Waals surface area contributed by atoms with Gasteiger partial charge in [-0.25, -0.2) is 4.98 Å². The van der Waals surface area contributed by atoms with Gasteiger partial charge in [0.05, 0.1) is 16.6 Å². The SMILES string of the molecule is C=CNC(=O)C1(N(C)C)Cc2cc3nc(CCc4cn(C=O)c5ccccc45)[nH]c3cc2C1. The number of H-pyrrole nitrogens is 1. The Morgan fingerprint density at radius 1 is 1.24 bits per heavy atom. The minimum absolute atomic E-state index is 0.0366. The zero-order valence-electron chi connectivity index (χ0n) is 18.9. The number of aromatic amines is 1. The van der Waals surface area contributed by atoms with Gasteiger partial charge in [-0.2, -0.15) is 0 Å². The van der Waals surface area contributed by atoms with Crippen LogP contribution < -0.4 is 5.32 Å². The molecule has 1 aliphatic carbocycles. The highest BCUT2D eigenvalue weighted by Gasteiger charge is 2.45. The van der Waals surface area contributed by atoms with Gasteiger partial charge in [-0.05, 0) is 61.6 Å². The first kappa shape index (κ1) is 21.2. The molecule has 1 atom stereocenters. The Balaban J connectivity index is 1.40. The van der Waals surface area contributed by atoms with Gasteiger partial charge in [0.1, 0.15) is 11.4 Å². The molecular weight excluding hydrogens is 414 g/mol. The molecule has 0 aliphatic heterocycles. The number of imidazole rings is 1. The van der Waals surface area contributed by atoms with E-state index in [9.17, 15) is 9.59 Å². The second-order valence-corrected chi connectivity index (χ2v) is 8.96. The fraction of sp³-hybridized carbons (Fsp3) is 0.269. The lowest BCUT2D eigenvalue weighted by molar-refractivity contribution is -0.130. The topological polar surface area (TPSA) is 83.0 Å². The zero-order valence-corrected chi connectivity index (χ0v) is 18.9. The first-order chi connectivity index (χ1) is 15.9. The van der Waals surface area contributed by atoms with Crippen LogP contribution in [-0.4, -0.2) is 51.4 Å². The average molecular weight is 442 g/mol. The van der Waals surface area contributed by atoms with Crippen LogP contribution >= 0.6 is 0 Å². The van der Waals surface area contributed by atoms with Crippen molar-refractivity contribution < 1.29 is 9.59 Å². The van der Waals surface area contributed by atoms with Crippen molar-refractivity contribution >= 4 is 34.3 Å². The monoisotopic (exact) mass is 441 g/mol. The smallest absolute Gasteiger partial charge is 0.245 e. The number of rotatable bonds is 7. The summed E-state index contributed by atoms with van der Waals surface area (Å²) in [6.45, 7) is 3.64. The molecule has 0 fully saturated rings. The average Bonchev–Trinajstić information content (AvgIpc) is 3.48.